The standard InChI is InChI=1S/C33H50F3N3O6/c1-22-19-39(23(2)21-40)32(43)27-18-26(37-30(41)15-16-33(34,35)36)13-14-28(27)45-24(3)10-8-9-17-44-29(22)20-38(4)31(42)25-11-6-5-7-12-25/h13-14,18,22-25,29,40H,5-12,15-17,19-21H2,1-4H3,(H,37,41)/t22-,23+,24+,29-/m1/s1. The number of amides is 3. The SMILES string of the molecule is C[C@@H]1CN([C@@H](C)CO)C(=O)c2cc(NC(=O)CCC(F)(F)F)ccc2O[C@@H](C)CCCCO[C@@H]1CN(C)C(=O)C1CCCCC1. The molecule has 1 aromatic rings. The van der Waals surface area contributed by atoms with Crippen LogP contribution >= 0.6 is 0 Å². The van der Waals surface area contributed by atoms with Gasteiger partial charge in [0, 0.05) is 50.7 Å². The first-order valence-corrected chi connectivity index (χ1v) is 16.2. The van der Waals surface area contributed by atoms with Crippen LogP contribution in [0.25, 0.3) is 0 Å². The van der Waals surface area contributed by atoms with Gasteiger partial charge in [-0.1, -0.05) is 26.2 Å². The number of hydrogen-bond donors (Lipinski definition) is 2. The van der Waals surface area contributed by atoms with Crippen molar-refractivity contribution in [3.63, 3.8) is 0 Å². The fraction of sp³-hybridized carbons (Fsp3) is 0.727. The van der Waals surface area contributed by atoms with Crippen LogP contribution in [0.4, 0.5) is 18.9 Å². The minimum atomic E-state index is -4.47. The molecule has 2 aliphatic rings. The van der Waals surface area contributed by atoms with Gasteiger partial charge in [-0.3, -0.25) is 14.4 Å². The number of nitrogens with one attached hydrogen (secondary N) is 1. The molecule has 0 radical (unpaired) electrons. The zero-order chi connectivity index (χ0) is 33.1. The van der Waals surface area contributed by atoms with Crippen molar-refractivity contribution >= 4 is 23.4 Å². The molecule has 1 heterocycles. The number of likely N-dealkylation sites (N-methyl/N-ethyl adjacent to an activating group) is 1. The molecule has 0 bridgehead atoms. The normalized spacial score (nSPS) is 23.3. The summed E-state index contributed by atoms with van der Waals surface area (Å²) in [5.41, 5.74) is 0.294. The molecular weight excluding hydrogens is 591 g/mol. The number of aliphatic hydroxyl groups is 1. The van der Waals surface area contributed by atoms with Gasteiger partial charge < -0.3 is 29.7 Å². The second kappa shape index (κ2) is 17.2. The Labute approximate surface area is 264 Å². The highest BCUT2D eigenvalue weighted by Crippen LogP contribution is 2.30. The molecular formula is C33H50F3N3O6. The van der Waals surface area contributed by atoms with E-state index >= 15 is 0 Å². The molecule has 1 aromatic carbocycles. The lowest BCUT2D eigenvalue weighted by Gasteiger charge is -2.36. The van der Waals surface area contributed by atoms with E-state index < -0.39 is 36.9 Å². The lowest BCUT2D eigenvalue weighted by atomic mass is 9.88. The zero-order valence-corrected chi connectivity index (χ0v) is 27.0. The van der Waals surface area contributed by atoms with Crippen LogP contribution in [0.1, 0.15) is 95.3 Å². The highest BCUT2D eigenvalue weighted by atomic mass is 19.4. The molecule has 3 amide bonds. The van der Waals surface area contributed by atoms with Gasteiger partial charge in [-0.15, -0.1) is 0 Å². The van der Waals surface area contributed by atoms with Gasteiger partial charge in [-0.2, -0.15) is 13.2 Å². The number of ether oxygens (including phenoxy) is 2. The van der Waals surface area contributed by atoms with Gasteiger partial charge in [0.2, 0.25) is 11.8 Å². The van der Waals surface area contributed by atoms with Crippen LogP contribution in [-0.2, 0) is 14.3 Å². The summed E-state index contributed by atoms with van der Waals surface area (Å²) in [6.45, 7) is 6.31. The van der Waals surface area contributed by atoms with Crippen LogP contribution in [0.5, 0.6) is 5.75 Å². The quantitative estimate of drug-likeness (QED) is 0.372. The number of rotatable bonds is 8. The van der Waals surface area contributed by atoms with Crippen molar-refractivity contribution in [3.05, 3.63) is 23.8 Å². The summed E-state index contributed by atoms with van der Waals surface area (Å²) in [7, 11) is 1.80. The second-order valence-electron chi connectivity index (χ2n) is 12.7. The predicted molar refractivity (Wildman–Crippen MR) is 165 cm³/mol. The monoisotopic (exact) mass is 641 g/mol. The summed E-state index contributed by atoms with van der Waals surface area (Å²) in [6.07, 6.45) is 0.238. The Morgan fingerprint density at radius 3 is 2.47 bits per heavy atom. The molecule has 45 heavy (non-hydrogen) atoms. The first kappa shape index (κ1) is 36.6. The average molecular weight is 642 g/mol. The van der Waals surface area contributed by atoms with Crippen LogP contribution < -0.4 is 10.1 Å². The van der Waals surface area contributed by atoms with Gasteiger partial charge in [0.1, 0.15) is 5.75 Å². The molecule has 9 nitrogen and oxygen atoms in total. The number of hydrogen-bond acceptors (Lipinski definition) is 6. The number of aliphatic hydroxyl groups excluding tert-OH is 1. The first-order chi connectivity index (χ1) is 21.3. The molecule has 12 heteroatoms. The van der Waals surface area contributed by atoms with E-state index in [0.29, 0.717) is 19.6 Å². The maximum absolute atomic E-state index is 14.2. The van der Waals surface area contributed by atoms with E-state index in [1.165, 1.54) is 23.1 Å². The lowest BCUT2D eigenvalue weighted by molar-refractivity contribution is -0.142. The Morgan fingerprint density at radius 1 is 1.11 bits per heavy atom. The lowest BCUT2D eigenvalue weighted by Crippen LogP contribution is -2.48. The van der Waals surface area contributed by atoms with E-state index in [9.17, 15) is 32.7 Å². The fourth-order valence-corrected chi connectivity index (χ4v) is 5.96. The van der Waals surface area contributed by atoms with E-state index in [-0.39, 0.29) is 60.1 Å². The third-order valence-corrected chi connectivity index (χ3v) is 8.76. The second-order valence-corrected chi connectivity index (χ2v) is 12.7. The van der Waals surface area contributed by atoms with Gasteiger partial charge in [0.15, 0.2) is 0 Å². The highest BCUT2D eigenvalue weighted by molar-refractivity contribution is 5.99. The number of benzene rings is 1. The van der Waals surface area contributed by atoms with Gasteiger partial charge >= 0.3 is 6.18 Å². The van der Waals surface area contributed by atoms with Crippen LogP contribution in [0.3, 0.4) is 0 Å². The van der Waals surface area contributed by atoms with E-state index in [1.807, 2.05) is 13.8 Å². The van der Waals surface area contributed by atoms with Gasteiger partial charge in [0.05, 0.1) is 36.8 Å². The maximum atomic E-state index is 14.2. The summed E-state index contributed by atoms with van der Waals surface area (Å²) < 4.78 is 50.5. The smallest absolute Gasteiger partial charge is 0.389 e. The van der Waals surface area contributed by atoms with Crippen molar-refractivity contribution in [2.24, 2.45) is 11.8 Å². The molecule has 2 N–H and O–H groups in total. The Hall–Kier alpha value is -2.86. The topological polar surface area (TPSA) is 108 Å². The minimum Gasteiger partial charge on any atom is -0.490 e. The van der Waals surface area contributed by atoms with Crippen molar-refractivity contribution in [2.45, 2.75) is 109 Å². The summed E-state index contributed by atoms with van der Waals surface area (Å²) in [4.78, 5) is 43.0. The molecule has 0 unspecified atom stereocenters. The number of fused-ring (bicyclic) bond motifs is 1. The Balaban J connectivity index is 1.88. The van der Waals surface area contributed by atoms with Crippen molar-refractivity contribution in [1.82, 2.24) is 9.80 Å². The highest BCUT2D eigenvalue weighted by Gasteiger charge is 2.33. The first-order valence-electron chi connectivity index (χ1n) is 16.2. The molecule has 4 atom stereocenters. The minimum absolute atomic E-state index is 0.0196. The number of alkyl halides is 3. The third kappa shape index (κ3) is 11.5. The Bertz CT molecular complexity index is 1130. The van der Waals surface area contributed by atoms with E-state index in [0.717, 1.165) is 44.9 Å². The molecule has 1 fully saturated rings. The number of anilines is 1. The zero-order valence-electron chi connectivity index (χ0n) is 27.0. The van der Waals surface area contributed by atoms with E-state index in [2.05, 4.69) is 5.32 Å². The van der Waals surface area contributed by atoms with Crippen molar-refractivity contribution < 1.29 is 42.1 Å². The molecule has 1 saturated carbocycles. The number of nitrogens with zero attached hydrogens (tertiary/aromatic N) is 2. The maximum Gasteiger partial charge on any atom is 0.389 e. The van der Waals surface area contributed by atoms with Crippen molar-refractivity contribution in [1.29, 1.82) is 0 Å². The Morgan fingerprint density at radius 2 is 1.80 bits per heavy atom. The molecule has 254 valence electrons. The predicted octanol–water partition coefficient (Wildman–Crippen LogP) is 5.80. The summed E-state index contributed by atoms with van der Waals surface area (Å²) >= 11 is 0. The molecule has 0 saturated heterocycles. The van der Waals surface area contributed by atoms with Crippen LogP contribution in [0, 0.1) is 11.8 Å². The van der Waals surface area contributed by atoms with E-state index in [1.54, 1.807) is 18.9 Å². The molecule has 0 spiro atoms. The third-order valence-electron chi connectivity index (χ3n) is 8.76. The Kier molecular flexibility index (Phi) is 14.0. The molecule has 1 aliphatic carbocycles. The summed E-state index contributed by atoms with van der Waals surface area (Å²) in [5, 5.41) is 12.6. The number of carbonyl (C=O) groups is 3. The van der Waals surface area contributed by atoms with Crippen molar-refractivity contribution in [3.8, 4) is 5.75 Å². The average Bonchev–Trinajstić information content (AvgIpc) is 3.01. The van der Waals surface area contributed by atoms with Gasteiger partial charge in [-0.25, -0.2) is 0 Å². The van der Waals surface area contributed by atoms with Gasteiger partial charge in [0.25, 0.3) is 5.91 Å². The molecule has 1 aliphatic heterocycles. The summed E-state index contributed by atoms with van der Waals surface area (Å²) in [6, 6.07) is 3.86. The molecule has 0 aromatic heterocycles. The van der Waals surface area contributed by atoms with Crippen LogP contribution in [-0.4, -0.2) is 90.4 Å². The summed E-state index contributed by atoms with van der Waals surface area (Å²) in [5.74, 6) is -1.08. The fourth-order valence-electron chi connectivity index (χ4n) is 5.96. The van der Waals surface area contributed by atoms with Crippen LogP contribution in [0.2, 0.25) is 0 Å². The number of carbonyl (C=O) groups excluding carboxylic acids is 3. The van der Waals surface area contributed by atoms with Crippen LogP contribution in [0.15, 0.2) is 18.2 Å². The van der Waals surface area contributed by atoms with Crippen molar-refractivity contribution in [2.75, 3.05) is 38.7 Å². The molecule has 3 rings (SSSR count). The van der Waals surface area contributed by atoms with Gasteiger partial charge in [-0.05, 0) is 64.2 Å². The number of halogens is 3. The largest absolute Gasteiger partial charge is 0.490 e. The van der Waals surface area contributed by atoms with E-state index in [4.69, 9.17) is 9.47 Å².